The lowest BCUT2D eigenvalue weighted by Gasteiger charge is -2.05. The van der Waals surface area contributed by atoms with Gasteiger partial charge >= 0.3 is 0 Å². The molecule has 3 rings (SSSR count). The van der Waals surface area contributed by atoms with Gasteiger partial charge in [0.05, 0.1) is 17.0 Å². The van der Waals surface area contributed by atoms with E-state index in [0.717, 1.165) is 17.8 Å². The number of hydrogen-bond acceptors (Lipinski definition) is 6. The second-order valence-electron chi connectivity index (χ2n) is 4.58. The largest absolute Gasteiger partial charge is 0.411 e. The maximum atomic E-state index is 13.6. The topological polar surface area (TPSA) is 80.9 Å². The summed E-state index contributed by atoms with van der Waals surface area (Å²) in [7, 11) is 0. The fourth-order valence-electron chi connectivity index (χ4n) is 1.78. The molecule has 0 aliphatic carbocycles. The molecule has 2 heterocycles. The zero-order valence-electron chi connectivity index (χ0n) is 12.1. The van der Waals surface area contributed by atoms with Crippen molar-refractivity contribution in [3.63, 3.8) is 0 Å². The lowest BCUT2D eigenvalue weighted by molar-refractivity contribution is -0.113. The third-order valence-electron chi connectivity index (χ3n) is 2.85. The molecular weight excluding hydrogens is 355 g/mol. The van der Waals surface area contributed by atoms with Crippen LogP contribution in [0.15, 0.2) is 52.4 Å². The SMILES string of the molecule is O=C(CSc1nnc(-c2cccnc2)o1)Nc1ccc(Cl)cc1F. The molecule has 0 aliphatic heterocycles. The van der Waals surface area contributed by atoms with Crippen molar-refractivity contribution in [1.82, 2.24) is 15.2 Å². The van der Waals surface area contributed by atoms with Crippen LogP contribution in [0.1, 0.15) is 0 Å². The Labute approximate surface area is 145 Å². The van der Waals surface area contributed by atoms with Gasteiger partial charge in [-0.3, -0.25) is 9.78 Å². The lowest BCUT2D eigenvalue weighted by Crippen LogP contribution is -2.15. The fraction of sp³-hybridized carbons (Fsp3) is 0.0667. The first-order valence-electron chi connectivity index (χ1n) is 6.73. The van der Waals surface area contributed by atoms with Gasteiger partial charge in [0.15, 0.2) is 0 Å². The highest BCUT2D eigenvalue weighted by molar-refractivity contribution is 7.99. The summed E-state index contributed by atoms with van der Waals surface area (Å²) in [4.78, 5) is 15.8. The summed E-state index contributed by atoms with van der Waals surface area (Å²) in [6, 6.07) is 7.55. The number of anilines is 1. The van der Waals surface area contributed by atoms with Gasteiger partial charge in [-0.15, -0.1) is 10.2 Å². The van der Waals surface area contributed by atoms with Crippen LogP contribution in [0.5, 0.6) is 0 Å². The van der Waals surface area contributed by atoms with E-state index in [9.17, 15) is 9.18 Å². The number of hydrogen-bond donors (Lipinski definition) is 1. The van der Waals surface area contributed by atoms with Crippen molar-refractivity contribution in [1.29, 1.82) is 0 Å². The second kappa shape index (κ2) is 7.41. The minimum absolute atomic E-state index is 0.00323. The normalized spacial score (nSPS) is 10.6. The number of amides is 1. The minimum atomic E-state index is -0.600. The highest BCUT2D eigenvalue weighted by atomic mass is 35.5. The molecule has 1 N–H and O–H groups in total. The summed E-state index contributed by atoms with van der Waals surface area (Å²) in [6.07, 6.45) is 3.23. The van der Waals surface area contributed by atoms with Gasteiger partial charge in [0.25, 0.3) is 5.22 Å². The van der Waals surface area contributed by atoms with Crippen LogP contribution in [0.4, 0.5) is 10.1 Å². The molecule has 0 radical (unpaired) electrons. The second-order valence-corrected chi connectivity index (χ2v) is 5.94. The molecule has 3 aromatic rings. The standard InChI is InChI=1S/C15H10ClFN4O2S/c16-10-3-4-12(11(17)6-10)19-13(22)8-24-15-21-20-14(23-15)9-2-1-5-18-7-9/h1-7H,8H2,(H,19,22). The molecule has 0 aliphatic rings. The first kappa shape index (κ1) is 16.4. The van der Waals surface area contributed by atoms with Crippen molar-refractivity contribution >= 4 is 35.0 Å². The van der Waals surface area contributed by atoms with Crippen molar-refractivity contribution in [2.45, 2.75) is 5.22 Å². The Morgan fingerprint density at radius 2 is 2.21 bits per heavy atom. The Kier molecular flexibility index (Phi) is 5.07. The van der Waals surface area contributed by atoms with Crippen molar-refractivity contribution in [2.24, 2.45) is 0 Å². The van der Waals surface area contributed by atoms with E-state index < -0.39 is 11.7 Å². The number of nitrogens with one attached hydrogen (secondary N) is 1. The Morgan fingerprint density at radius 1 is 1.33 bits per heavy atom. The molecule has 122 valence electrons. The first-order chi connectivity index (χ1) is 11.6. The fourth-order valence-corrected chi connectivity index (χ4v) is 2.50. The molecule has 0 spiro atoms. The molecule has 0 fully saturated rings. The van der Waals surface area contributed by atoms with E-state index in [0.29, 0.717) is 11.5 Å². The number of benzene rings is 1. The van der Waals surface area contributed by atoms with Crippen LogP contribution >= 0.6 is 23.4 Å². The van der Waals surface area contributed by atoms with E-state index in [1.54, 1.807) is 24.5 Å². The van der Waals surface area contributed by atoms with Crippen molar-refractivity contribution < 1.29 is 13.6 Å². The molecule has 0 unspecified atom stereocenters. The molecule has 6 nitrogen and oxygen atoms in total. The number of halogens is 2. The van der Waals surface area contributed by atoms with Gasteiger partial charge in [0.1, 0.15) is 5.82 Å². The van der Waals surface area contributed by atoms with Crippen LogP contribution in [0.25, 0.3) is 11.5 Å². The number of carbonyl (C=O) groups excluding carboxylic acids is 1. The smallest absolute Gasteiger partial charge is 0.277 e. The minimum Gasteiger partial charge on any atom is -0.411 e. The molecule has 1 amide bonds. The zero-order chi connectivity index (χ0) is 16.9. The quantitative estimate of drug-likeness (QED) is 0.696. The molecule has 9 heteroatoms. The number of aromatic nitrogens is 3. The maximum absolute atomic E-state index is 13.6. The third-order valence-corrected chi connectivity index (χ3v) is 3.90. The monoisotopic (exact) mass is 364 g/mol. The molecule has 2 aromatic heterocycles. The summed E-state index contributed by atoms with van der Waals surface area (Å²) in [5.41, 5.74) is 0.746. The Morgan fingerprint density at radius 3 is 2.96 bits per heavy atom. The van der Waals surface area contributed by atoms with Crippen molar-refractivity contribution in [3.05, 3.63) is 53.6 Å². The Balaban J connectivity index is 1.58. The van der Waals surface area contributed by atoms with Crippen LogP contribution in [-0.2, 0) is 4.79 Å². The van der Waals surface area contributed by atoms with E-state index in [1.165, 1.54) is 12.1 Å². The number of rotatable bonds is 5. The highest BCUT2D eigenvalue weighted by Gasteiger charge is 2.12. The van der Waals surface area contributed by atoms with Gasteiger partial charge in [-0.25, -0.2) is 4.39 Å². The molecule has 0 atom stereocenters. The van der Waals surface area contributed by atoms with Crippen LogP contribution in [-0.4, -0.2) is 26.8 Å². The summed E-state index contributed by atoms with van der Waals surface area (Å²) in [5, 5.41) is 10.7. The van der Waals surface area contributed by atoms with Crippen molar-refractivity contribution in [2.75, 3.05) is 11.1 Å². The highest BCUT2D eigenvalue weighted by Crippen LogP contribution is 2.23. The van der Waals surface area contributed by atoms with E-state index in [4.69, 9.17) is 16.0 Å². The Hall–Kier alpha value is -2.45. The summed E-state index contributed by atoms with van der Waals surface area (Å²) in [5.74, 6) is -0.689. The molecule has 24 heavy (non-hydrogen) atoms. The van der Waals surface area contributed by atoms with Gasteiger partial charge in [0.2, 0.25) is 11.8 Å². The summed E-state index contributed by atoms with van der Waals surface area (Å²) < 4.78 is 19.1. The number of carbonyl (C=O) groups is 1. The van der Waals surface area contributed by atoms with Crippen LogP contribution < -0.4 is 5.32 Å². The van der Waals surface area contributed by atoms with Crippen LogP contribution in [0.2, 0.25) is 5.02 Å². The number of pyridine rings is 1. The van der Waals surface area contributed by atoms with E-state index >= 15 is 0 Å². The molecule has 0 saturated heterocycles. The van der Waals surface area contributed by atoms with Gasteiger partial charge < -0.3 is 9.73 Å². The van der Waals surface area contributed by atoms with E-state index in [2.05, 4.69) is 20.5 Å². The number of thioether (sulfide) groups is 1. The molecule has 0 bridgehead atoms. The predicted octanol–water partition coefficient (Wildman–Crippen LogP) is 3.65. The van der Waals surface area contributed by atoms with Gasteiger partial charge in [-0.05, 0) is 30.3 Å². The van der Waals surface area contributed by atoms with Crippen molar-refractivity contribution in [3.8, 4) is 11.5 Å². The average Bonchev–Trinajstić information content (AvgIpc) is 3.05. The molecular formula is C15H10ClFN4O2S. The van der Waals surface area contributed by atoms with Gasteiger partial charge in [-0.2, -0.15) is 0 Å². The third kappa shape index (κ3) is 4.09. The van der Waals surface area contributed by atoms with Gasteiger partial charge in [0, 0.05) is 17.4 Å². The van der Waals surface area contributed by atoms with E-state index in [-0.39, 0.29) is 21.7 Å². The summed E-state index contributed by atoms with van der Waals surface area (Å²) in [6.45, 7) is 0. The predicted molar refractivity (Wildman–Crippen MR) is 88.3 cm³/mol. The van der Waals surface area contributed by atoms with Gasteiger partial charge in [-0.1, -0.05) is 23.4 Å². The number of nitrogens with zero attached hydrogens (tertiary/aromatic N) is 3. The first-order valence-corrected chi connectivity index (χ1v) is 8.10. The van der Waals surface area contributed by atoms with Crippen LogP contribution in [0, 0.1) is 5.82 Å². The summed E-state index contributed by atoms with van der Waals surface area (Å²) >= 11 is 6.71. The molecule has 0 saturated carbocycles. The van der Waals surface area contributed by atoms with E-state index in [1.807, 2.05) is 0 Å². The van der Waals surface area contributed by atoms with Crippen LogP contribution in [0.3, 0.4) is 0 Å². The average molecular weight is 365 g/mol. The molecule has 1 aromatic carbocycles. The Bertz CT molecular complexity index is 860. The lowest BCUT2D eigenvalue weighted by atomic mass is 10.3. The zero-order valence-corrected chi connectivity index (χ0v) is 13.6. The maximum Gasteiger partial charge on any atom is 0.277 e.